The van der Waals surface area contributed by atoms with Crippen molar-refractivity contribution in [2.75, 3.05) is 12.0 Å². The zero-order valence-corrected chi connectivity index (χ0v) is 21.0. The molecule has 2 aromatic carbocycles. The SMILES string of the molecule is CC(C)(C)OC(=O)Nc1ccccc1SC1=NN2CNC(=O)C(c3c(Cl)cccc3Cl)=C2C=C1. The predicted molar refractivity (Wildman–Crippen MR) is 137 cm³/mol. The van der Waals surface area contributed by atoms with E-state index in [1.165, 1.54) is 11.8 Å². The molecule has 0 aliphatic carbocycles. The zero-order chi connectivity index (χ0) is 24.5. The van der Waals surface area contributed by atoms with Crippen molar-refractivity contribution in [1.82, 2.24) is 10.3 Å². The highest BCUT2D eigenvalue weighted by Crippen LogP contribution is 2.38. The summed E-state index contributed by atoms with van der Waals surface area (Å²) in [5.74, 6) is -0.274. The van der Waals surface area contributed by atoms with Gasteiger partial charge in [0.25, 0.3) is 5.91 Å². The van der Waals surface area contributed by atoms with Crippen LogP contribution in [0, 0.1) is 0 Å². The molecule has 10 heteroatoms. The average molecular weight is 517 g/mol. The fraction of sp³-hybridized carbons (Fsp3) is 0.208. The second kappa shape index (κ2) is 9.74. The lowest BCUT2D eigenvalue weighted by Crippen LogP contribution is -2.42. The first-order valence-electron chi connectivity index (χ1n) is 10.4. The van der Waals surface area contributed by atoms with Crippen molar-refractivity contribution in [2.24, 2.45) is 5.10 Å². The summed E-state index contributed by atoms with van der Waals surface area (Å²) in [5.41, 5.74) is 1.42. The van der Waals surface area contributed by atoms with E-state index in [0.29, 0.717) is 37.6 Å². The molecule has 0 radical (unpaired) electrons. The number of halogens is 2. The van der Waals surface area contributed by atoms with Crippen molar-refractivity contribution < 1.29 is 14.3 Å². The monoisotopic (exact) mass is 516 g/mol. The number of hydrogen-bond acceptors (Lipinski definition) is 6. The lowest BCUT2D eigenvalue weighted by molar-refractivity contribution is -0.116. The van der Waals surface area contributed by atoms with Crippen LogP contribution < -0.4 is 10.6 Å². The van der Waals surface area contributed by atoms with Crippen molar-refractivity contribution in [3.8, 4) is 0 Å². The number of thioether (sulfide) groups is 1. The Morgan fingerprint density at radius 3 is 2.53 bits per heavy atom. The molecule has 2 N–H and O–H groups in total. The third-order valence-corrected chi connectivity index (χ3v) is 6.34. The minimum atomic E-state index is -0.605. The number of allylic oxidation sites excluding steroid dienone is 1. The molecule has 2 amide bonds. The Labute approximate surface area is 211 Å². The lowest BCUT2D eigenvalue weighted by atomic mass is 10.0. The van der Waals surface area contributed by atoms with E-state index < -0.39 is 11.7 Å². The van der Waals surface area contributed by atoms with Crippen LogP contribution in [0.15, 0.2) is 70.3 Å². The van der Waals surface area contributed by atoms with E-state index in [0.717, 1.165) is 4.90 Å². The van der Waals surface area contributed by atoms with Crippen LogP contribution in [0.4, 0.5) is 10.5 Å². The van der Waals surface area contributed by atoms with Crippen LogP contribution in [0.3, 0.4) is 0 Å². The Morgan fingerprint density at radius 2 is 1.82 bits per heavy atom. The van der Waals surface area contributed by atoms with Gasteiger partial charge in [0.15, 0.2) is 0 Å². The summed E-state index contributed by atoms with van der Waals surface area (Å²) >= 11 is 14.1. The molecule has 2 aliphatic rings. The molecular weight excluding hydrogens is 495 g/mol. The highest BCUT2D eigenvalue weighted by Gasteiger charge is 2.30. The third-order valence-electron chi connectivity index (χ3n) is 4.70. The number of nitrogens with one attached hydrogen (secondary N) is 2. The van der Waals surface area contributed by atoms with E-state index in [4.69, 9.17) is 27.9 Å². The molecule has 0 saturated carbocycles. The van der Waals surface area contributed by atoms with Crippen molar-refractivity contribution >= 4 is 63.3 Å². The minimum absolute atomic E-state index is 0.200. The van der Waals surface area contributed by atoms with Crippen LogP contribution in [0.25, 0.3) is 5.57 Å². The van der Waals surface area contributed by atoms with Crippen LogP contribution in [0.5, 0.6) is 0 Å². The summed E-state index contributed by atoms with van der Waals surface area (Å²) in [6, 6.07) is 12.5. The average Bonchev–Trinajstić information content (AvgIpc) is 2.75. The summed E-state index contributed by atoms with van der Waals surface area (Å²) in [5, 5.41) is 13.4. The minimum Gasteiger partial charge on any atom is -0.444 e. The van der Waals surface area contributed by atoms with Crippen molar-refractivity contribution in [1.29, 1.82) is 0 Å². The summed E-state index contributed by atoms with van der Waals surface area (Å²) in [6.45, 7) is 5.62. The summed E-state index contributed by atoms with van der Waals surface area (Å²) in [4.78, 5) is 25.8. The highest BCUT2D eigenvalue weighted by molar-refractivity contribution is 8.14. The maximum absolute atomic E-state index is 12.7. The number of carbonyl (C=O) groups is 2. The van der Waals surface area contributed by atoms with Crippen molar-refractivity contribution in [3.05, 3.63) is 75.9 Å². The van der Waals surface area contributed by atoms with Gasteiger partial charge in [0.05, 0.1) is 27.0 Å². The molecule has 176 valence electrons. The number of carbonyl (C=O) groups excluding carboxylic acids is 2. The van der Waals surface area contributed by atoms with E-state index in [1.807, 2.05) is 30.4 Å². The van der Waals surface area contributed by atoms with Crippen molar-refractivity contribution in [2.45, 2.75) is 31.3 Å². The normalized spacial score (nSPS) is 15.5. The van der Waals surface area contributed by atoms with Gasteiger partial charge >= 0.3 is 6.09 Å². The number of hydrazone groups is 1. The Balaban J connectivity index is 1.60. The molecular formula is C24H22Cl2N4O3S. The van der Waals surface area contributed by atoms with Crippen LogP contribution in [0.2, 0.25) is 10.0 Å². The number of amides is 2. The summed E-state index contributed by atoms with van der Waals surface area (Å²) < 4.78 is 5.36. The molecule has 7 nitrogen and oxygen atoms in total. The molecule has 2 heterocycles. The Kier molecular flexibility index (Phi) is 6.93. The van der Waals surface area contributed by atoms with Crippen LogP contribution in [-0.4, -0.2) is 34.3 Å². The number of fused-ring (bicyclic) bond motifs is 1. The van der Waals surface area contributed by atoms with E-state index >= 15 is 0 Å². The maximum atomic E-state index is 12.7. The molecule has 4 rings (SSSR count). The molecule has 34 heavy (non-hydrogen) atoms. The van der Waals surface area contributed by atoms with E-state index in [9.17, 15) is 9.59 Å². The molecule has 0 unspecified atom stereocenters. The van der Waals surface area contributed by atoms with Crippen LogP contribution >= 0.6 is 35.0 Å². The molecule has 0 atom stereocenters. The van der Waals surface area contributed by atoms with E-state index in [1.54, 1.807) is 50.0 Å². The number of para-hydroxylation sites is 1. The van der Waals surface area contributed by atoms with Gasteiger partial charge in [0.2, 0.25) is 0 Å². The number of benzene rings is 2. The van der Waals surface area contributed by atoms with E-state index in [-0.39, 0.29) is 12.6 Å². The van der Waals surface area contributed by atoms with Crippen molar-refractivity contribution in [3.63, 3.8) is 0 Å². The summed E-state index contributed by atoms with van der Waals surface area (Å²) in [7, 11) is 0. The highest BCUT2D eigenvalue weighted by atomic mass is 35.5. The first-order valence-corrected chi connectivity index (χ1v) is 12.0. The topological polar surface area (TPSA) is 83.0 Å². The fourth-order valence-corrected chi connectivity index (χ4v) is 4.81. The first kappa shape index (κ1) is 24.2. The lowest BCUT2D eigenvalue weighted by Gasteiger charge is -2.31. The zero-order valence-electron chi connectivity index (χ0n) is 18.7. The standard InChI is InChI=1S/C24H22Cl2N4O3S/c1-24(2,3)33-23(32)28-16-9-4-5-10-18(16)34-19-12-11-17-21(22(31)27-13-30(17)29-19)20-14(25)7-6-8-15(20)26/h4-12H,13H2,1-3H3,(H,27,31)(H,28,32). The second-order valence-corrected chi connectivity index (χ2v) is 10.3. The van der Waals surface area contributed by atoms with Gasteiger partial charge in [-0.2, -0.15) is 5.10 Å². The Morgan fingerprint density at radius 1 is 1.12 bits per heavy atom. The molecule has 0 spiro atoms. The molecule has 0 bridgehead atoms. The first-order chi connectivity index (χ1) is 16.1. The van der Waals surface area contributed by atoms with Gasteiger partial charge in [0, 0.05) is 10.5 Å². The van der Waals surface area contributed by atoms with Gasteiger partial charge in [-0.15, -0.1) is 0 Å². The molecule has 0 saturated heterocycles. The quantitative estimate of drug-likeness (QED) is 0.513. The molecule has 0 fully saturated rings. The fourth-order valence-electron chi connectivity index (χ4n) is 3.34. The maximum Gasteiger partial charge on any atom is 0.412 e. The van der Waals surface area contributed by atoms with Gasteiger partial charge in [0.1, 0.15) is 17.3 Å². The van der Waals surface area contributed by atoms with Crippen LogP contribution in [-0.2, 0) is 9.53 Å². The number of nitrogens with zero attached hydrogens (tertiary/aromatic N) is 2. The van der Waals surface area contributed by atoms with Crippen LogP contribution in [0.1, 0.15) is 26.3 Å². The smallest absolute Gasteiger partial charge is 0.412 e. The van der Waals surface area contributed by atoms with E-state index in [2.05, 4.69) is 15.7 Å². The third kappa shape index (κ3) is 5.41. The van der Waals surface area contributed by atoms with Gasteiger partial charge < -0.3 is 10.1 Å². The second-order valence-electron chi connectivity index (χ2n) is 8.42. The summed E-state index contributed by atoms with van der Waals surface area (Å²) in [6.07, 6.45) is 3.09. The molecule has 2 aliphatic heterocycles. The largest absolute Gasteiger partial charge is 0.444 e. The molecule has 2 aromatic rings. The van der Waals surface area contributed by atoms with Gasteiger partial charge in [-0.1, -0.05) is 53.2 Å². The predicted octanol–water partition coefficient (Wildman–Crippen LogP) is 6.12. The van der Waals surface area contributed by atoms with Gasteiger partial charge in [-0.25, -0.2) is 9.80 Å². The number of hydrogen-bond donors (Lipinski definition) is 2. The number of anilines is 1. The molecule has 0 aromatic heterocycles. The Hall–Kier alpha value is -2.94. The Bertz CT molecular complexity index is 1230. The van der Waals surface area contributed by atoms with Gasteiger partial charge in [-0.05, 0) is 57.2 Å². The number of ether oxygens (including phenoxy) is 1. The number of rotatable bonds is 3. The van der Waals surface area contributed by atoms with Gasteiger partial charge in [-0.3, -0.25) is 10.1 Å².